The van der Waals surface area contributed by atoms with Crippen molar-refractivity contribution in [1.82, 2.24) is 4.90 Å². The fraction of sp³-hybridized carbons (Fsp3) is 0.600. The predicted molar refractivity (Wildman–Crippen MR) is 94.4 cm³/mol. The maximum Gasteiger partial charge on any atom is 0.573 e. The molecule has 1 fully saturated rings. The number of benzene rings is 1. The van der Waals surface area contributed by atoms with Crippen LogP contribution in [0.3, 0.4) is 0 Å². The molecule has 0 saturated carbocycles. The van der Waals surface area contributed by atoms with Gasteiger partial charge in [0.05, 0.1) is 0 Å². The molecular formula is C20H24F5NO2. The number of aryl methyl sites for hydroxylation is 1. The first kappa shape index (κ1) is 20.9. The molecule has 1 aromatic rings. The van der Waals surface area contributed by atoms with Gasteiger partial charge < -0.3 is 9.84 Å². The first-order valence-electron chi connectivity index (χ1n) is 9.28. The Morgan fingerprint density at radius 1 is 1.21 bits per heavy atom. The molecule has 1 aliphatic carbocycles. The molecule has 0 radical (unpaired) electrons. The molecule has 1 heterocycles. The Morgan fingerprint density at radius 2 is 1.93 bits per heavy atom. The van der Waals surface area contributed by atoms with Crippen LogP contribution in [0.25, 0.3) is 0 Å². The molecule has 1 N–H and O–H groups in total. The lowest BCUT2D eigenvalue weighted by molar-refractivity contribution is -0.275. The van der Waals surface area contributed by atoms with Gasteiger partial charge in [-0.25, -0.2) is 8.78 Å². The second kappa shape index (κ2) is 7.54. The Bertz CT molecular complexity index is 747. The summed E-state index contributed by atoms with van der Waals surface area (Å²) in [6.07, 6.45) is -3.49. The van der Waals surface area contributed by atoms with E-state index in [2.05, 4.69) is 9.64 Å². The lowest BCUT2D eigenvalue weighted by Gasteiger charge is -2.36. The minimum Gasteiger partial charge on any atom is -0.504 e. The fourth-order valence-corrected chi connectivity index (χ4v) is 4.06. The number of aromatic hydroxyl groups is 1. The van der Waals surface area contributed by atoms with Gasteiger partial charge in [0.2, 0.25) is 0 Å². The quantitative estimate of drug-likeness (QED) is 0.688. The Balaban J connectivity index is 1.66. The van der Waals surface area contributed by atoms with Gasteiger partial charge >= 0.3 is 6.36 Å². The second-order valence-corrected chi connectivity index (χ2v) is 8.18. The van der Waals surface area contributed by atoms with Crippen molar-refractivity contribution in [1.29, 1.82) is 0 Å². The predicted octanol–water partition coefficient (Wildman–Crippen LogP) is 5.15. The maximum absolute atomic E-state index is 14.2. The van der Waals surface area contributed by atoms with Crippen LogP contribution in [0.15, 0.2) is 30.1 Å². The van der Waals surface area contributed by atoms with E-state index in [-0.39, 0.29) is 23.7 Å². The van der Waals surface area contributed by atoms with Crippen LogP contribution in [-0.4, -0.2) is 41.2 Å². The van der Waals surface area contributed by atoms with Crippen LogP contribution in [0.1, 0.15) is 32.3 Å². The molecule has 0 bridgehead atoms. The largest absolute Gasteiger partial charge is 0.573 e. The molecule has 0 aromatic heterocycles. The summed E-state index contributed by atoms with van der Waals surface area (Å²) < 4.78 is 69.4. The molecule has 3 atom stereocenters. The number of ether oxygens (including phenoxy) is 1. The summed E-state index contributed by atoms with van der Waals surface area (Å²) in [4.78, 5) is 2.06. The van der Waals surface area contributed by atoms with Gasteiger partial charge in [-0.3, -0.25) is 4.90 Å². The fourth-order valence-electron chi connectivity index (χ4n) is 4.06. The molecule has 3 nitrogen and oxygen atoms in total. The smallest absolute Gasteiger partial charge is 0.504 e. The van der Waals surface area contributed by atoms with E-state index in [0.29, 0.717) is 31.5 Å². The van der Waals surface area contributed by atoms with E-state index in [1.54, 1.807) is 6.07 Å². The number of phenolic OH excluding ortho intramolecular Hbond substituents is 1. The van der Waals surface area contributed by atoms with Crippen molar-refractivity contribution >= 4 is 0 Å². The van der Waals surface area contributed by atoms with Gasteiger partial charge in [-0.1, -0.05) is 6.07 Å². The molecule has 1 aliphatic heterocycles. The summed E-state index contributed by atoms with van der Waals surface area (Å²) in [5, 5.41) is 9.56. The SMILES string of the molecule is CC(C)(CCc1ccc(O)c(OC(F)(F)F)c1)N1CC2C(F)=CCC(F)C2C1. The lowest BCUT2D eigenvalue weighted by atomic mass is 9.84. The van der Waals surface area contributed by atoms with E-state index >= 15 is 0 Å². The van der Waals surface area contributed by atoms with Crippen LogP contribution in [0.4, 0.5) is 22.0 Å². The van der Waals surface area contributed by atoms with E-state index in [4.69, 9.17) is 0 Å². The number of phenols is 1. The third-order valence-corrected chi connectivity index (χ3v) is 5.85. The molecule has 3 rings (SSSR count). The second-order valence-electron chi connectivity index (χ2n) is 8.18. The highest BCUT2D eigenvalue weighted by Gasteiger charge is 2.46. The van der Waals surface area contributed by atoms with Gasteiger partial charge in [-0.2, -0.15) is 0 Å². The van der Waals surface area contributed by atoms with Crippen LogP contribution in [0, 0.1) is 11.8 Å². The Kier molecular flexibility index (Phi) is 5.62. The summed E-state index contributed by atoms with van der Waals surface area (Å²) in [5.74, 6) is -2.25. The van der Waals surface area contributed by atoms with Crippen molar-refractivity contribution in [2.75, 3.05) is 13.1 Å². The number of hydrogen-bond acceptors (Lipinski definition) is 3. The Hall–Kier alpha value is -1.83. The minimum atomic E-state index is -4.89. The maximum atomic E-state index is 14.2. The zero-order chi connectivity index (χ0) is 20.7. The van der Waals surface area contributed by atoms with Crippen LogP contribution < -0.4 is 4.74 Å². The van der Waals surface area contributed by atoms with Crippen LogP contribution in [0.2, 0.25) is 0 Å². The van der Waals surface area contributed by atoms with Gasteiger partial charge in [0, 0.05) is 30.5 Å². The zero-order valence-corrected chi connectivity index (χ0v) is 15.8. The summed E-state index contributed by atoms with van der Waals surface area (Å²) >= 11 is 0. The Morgan fingerprint density at radius 3 is 2.57 bits per heavy atom. The zero-order valence-electron chi connectivity index (χ0n) is 15.8. The summed E-state index contributed by atoms with van der Waals surface area (Å²) in [6.45, 7) is 4.82. The van der Waals surface area contributed by atoms with E-state index in [0.717, 1.165) is 0 Å². The van der Waals surface area contributed by atoms with Crippen molar-refractivity contribution in [2.45, 2.75) is 51.2 Å². The van der Waals surface area contributed by atoms with Crippen molar-refractivity contribution in [3.05, 3.63) is 35.7 Å². The molecule has 1 saturated heterocycles. The van der Waals surface area contributed by atoms with Gasteiger partial charge in [-0.15, -0.1) is 13.2 Å². The van der Waals surface area contributed by atoms with Crippen LogP contribution in [-0.2, 0) is 6.42 Å². The standard InChI is InChI=1S/C20H24F5NO2/c1-19(2,26-10-13-14(11-26)16(22)5-4-15(13)21)8-7-12-3-6-17(27)18(9-12)28-20(23,24)25/h3-4,6,9,13-14,16,27H,5,7-8,10-11H2,1-2H3. The molecule has 2 aliphatic rings. The third kappa shape index (κ3) is 4.59. The molecule has 28 heavy (non-hydrogen) atoms. The summed E-state index contributed by atoms with van der Waals surface area (Å²) in [6, 6.07) is 3.88. The van der Waals surface area contributed by atoms with Crippen molar-refractivity contribution in [3.63, 3.8) is 0 Å². The topological polar surface area (TPSA) is 32.7 Å². The number of allylic oxidation sites excluding steroid dienone is 1. The number of likely N-dealkylation sites (tertiary alicyclic amines) is 1. The first-order valence-corrected chi connectivity index (χ1v) is 9.28. The average Bonchev–Trinajstić information content (AvgIpc) is 3.05. The average molecular weight is 405 g/mol. The van der Waals surface area contributed by atoms with Crippen molar-refractivity contribution < 1.29 is 31.8 Å². The van der Waals surface area contributed by atoms with E-state index in [1.165, 1.54) is 18.2 Å². The van der Waals surface area contributed by atoms with Gasteiger partial charge in [-0.05, 0) is 56.9 Å². The molecule has 8 heteroatoms. The summed E-state index contributed by atoms with van der Waals surface area (Å²) in [7, 11) is 0. The number of alkyl halides is 4. The molecule has 0 amide bonds. The van der Waals surface area contributed by atoms with E-state index < -0.39 is 30.0 Å². The number of nitrogens with zero attached hydrogens (tertiary/aromatic N) is 1. The number of hydrogen-bond donors (Lipinski definition) is 1. The minimum absolute atomic E-state index is 0.108. The number of rotatable bonds is 5. The van der Waals surface area contributed by atoms with Crippen molar-refractivity contribution in [3.8, 4) is 11.5 Å². The third-order valence-electron chi connectivity index (χ3n) is 5.85. The monoisotopic (exact) mass is 405 g/mol. The molecular weight excluding hydrogens is 381 g/mol. The highest BCUT2D eigenvalue weighted by Crippen LogP contribution is 2.42. The number of halogens is 5. The van der Waals surface area contributed by atoms with E-state index in [1.807, 2.05) is 13.8 Å². The summed E-state index contributed by atoms with van der Waals surface area (Å²) in [5.41, 5.74) is 0.191. The first-order chi connectivity index (χ1) is 13.0. The number of fused-ring (bicyclic) bond motifs is 1. The Labute approximate surface area is 160 Å². The van der Waals surface area contributed by atoms with Gasteiger partial charge in [0.25, 0.3) is 0 Å². The normalized spacial score (nSPS) is 26.1. The van der Waals surface area contributed by atoms with E-state index in [9.17, 15) is 27.1 Å². The molecule has 156 valence electrons. The lowest BCUT2D eigenvalue weighted by Crippen LogP contribution is -2.43. The van der Waals surface area contributed by atoms with Gasteiger partial charge in [0.15, 0.2) is 11.5 Å². The van der Waals surface area contributed by atoms with Crippen molar-refractivity contribution in [2.24, 2.45) is 11.8 Å². The highest BCUT2D eigenvalue weighted by atomic mass is 19.4. The molecule has 3 unspecified atom stereocenters. The highest BCUT2D eigenvalue weighted by molar-refractivity contribution is 5.42. The van der Waals surface area contributed by atoms with Crippen LogP contribution in [0.5, 0.6) is 11.5 Å². The van der Waals surface area contributed by atoms with Gasteiger partial charge in [0.1, 0.15) is 12.0 Å². The molecule has 0 spiro atoms. The molecule has 1 aromatic carbocycles. The van der Waals surface area contributed by atoms with Crippen LogP contribution >= 0.6 is 0 Å².